The van der Waals surface area contributed by atoms with Gasteiger partial charge >= 0.3 is 0 Å². The van der Waals surface area contributed by atoms with E-state index in [1.165, 1.54) is 0 Å². The number of hydrogen-bond donors (Lipinski definition) is 2. The molecule has 0 spiro atoms. The zero-order chi connectivity index (χ0) is 15.2. The summed E-state index contributed by atoms with van der Waals surface area (Å²) in [5.41, 5.74) is 1.02. The van der Waals surface area contributed by atoms with Crippen LogP contribution in [0.4, 0.5) is 0 Å². The number of carbonyl (C=O) groups excluding carboxylic acids is 1. The van der Waals surface area contributed by atoms with Crippen molar-refractivity contribution < 1.29 is 9.90 Å². The molecule has 5 nitrogen and oxygen atoms in total. The second-order valence-corrected chi connectivity index (χ2v) is 4.99. The predicted octanol–water partition coefficient (Wildman–Crippen LogP) is 1.79. The molecule has 0 unspecified atom stereocenters. The Kier molecular flexibility index (Phi) is 5.66. The molecule has 0 aromatic carbocycles. The Labute approximate surface area is 119 Å². The molecule has 2 N–H and O–H groups in total. The van der Waals surface area contributed by atoms with Gasteiger partial charge in [0.2, 0.25) is 0 Å². The first kappa shape index (κ1) is 16.1. The fourth-order valence-electron chi connectivity index (χ4n) is 1.94. The van der Waals surface area contributed by atoms with Gasteiger partial charge in [-0.25, -0.2) is 4.98 Å². The van der Waals surface area contributed by atoms with Crippen LogP contribution in [-0.4, -0.2) is 29.1 Å². The second-order valence-electron chi connectivity index (χ2n) is 4.99. The van der Waals surface area contributed by atoms with E-state index < -0.39 is 0 Å². The highest BCUT2D eigenvalue weighted by molar-refractivity contribution is 5.92. The summed E-state index contributed by atoms with van der Waals surface area (Å²) in [6.07, 6.45) is 1.58. The lowest BCUT2D eigenvalue weighted by atomic mass is 9.83. The van der Waals surface area contributed by atoms with Crippen LogP contribution in [-0.2, 0) is 0 Å². The van der Waals surface area contributed by atoms with Crippen LogP contribution in [0.2, 0.25) is 0 Å². The van der Waals surface area contributed by atoms with Gasteiger partial charge in [-0.3, -0.25) is 4.79 Å². The lowest BCUT2D eigenvalue weighted by Gasteiger charge is -2.29. The van der Waals surface area contributed by atoms with Crippen LogP contribution in [0.25, 0.3) is 0 Å². The highest BCUT2D eigenvalue weighted by Crippen LogP contribution is 2.24. The lowest BCUT2D eigenvalue weighted by Crippen LogP contribution is -2.39. The third kappa shape index (κ3) is 3.55. The quantitative estimate of drug-likeness (QED) is 0.828. The zero-order valence-electron chi connectivity index (χ0n) is 12.2. The summed E-state index contributed by atoms with van der Waals surface area (Å²) in [5.74, 6) is -0.280. The first-order valence-corrected chi connectivity index (χ1v) is 6.78. The monoisotopic (exact) mass is 275 g/mol. The minimum Gasteiger partial charge on any atom is -0.396 e. The van der Waals surface area contributed by atoms with Crippen LogP contribution >= 0.6 is 0 Å². The van der Waals surface area contributed by atoms with Crippen molar-refractivity contribution in [1.82, 2.24) is 10.3 Å². The summed E-state index contributed by atoms with van der Waals surface area (Å²) in [6.45, 7) is 6.15. The molecule has 5 heteroatoms. The van der Waals surface area contributed by atoms with Crippen molar-refractivity contribution in [1.29, 1.82) is 5.26 Å². The molecule has 108 valence electrons. The van der Waals surface area contributed by atoms with Gasteiger partial charge in [-0.15, -0.1) is 0 Å². The summed E-state index contributed by atoms with van der Waals surface area (Å²) >= 11 is 0. The standard InChI is InChI=1S/C15H21N3O2/c1-4-15(5-2,10-19)9-17-14(20)13-7-6-12(8-16)11(3)18-13/h6-7,19H,4-5,9-10H2,1-3H3,(H,17,20). The first-order chi connectivity index (χ1) is 9.51. The number of aliphatic hydroxyl groups excluding tert-OH is 1. The van der Waals surface area contributed by atoms with Gasteiger partial charge in [-0.2, -0.15) is 5.26 Å². The highest BCUT2D eigenvalue weighted by Gasteiger charge is 2.26. The summed E-state index contributed by atoms with van der Waals surface area (Å²) in [5, 5.41) is 21.1. The molecule has 0 atom stereocenters. The molecule has 0 aliphatic heterocycles. The Hall–Kier alpha value is -1.93. The van der Waals surface area contributed by atoms with Crippen molar-refractivity contribution in [3.63, 3.8) is 0 Å². The van der Waals surface area contributed by atoms with E-state index in [0.29, 0.717) is 23.5 Å². The van der Waals surface area contributed by atoms with E-state index in [0.717, 1.165) is 12.8 Å². The minimum absolute atomic E-state index is 0.0418. The number of nitrogens with zero attached hydrogens (tertiary/aromatic N) is 2. The Morgan fingerprint density at radius 2 is 2.10 bits per heavy atom. The van der Waals surface area contributed by atoms with E-state index >= 15 is 0 Å². The fraction of sp³-hybridized carbons (Fsp3) is 0.533. The molecule has 0 aliphatic rings. The van der Waals surface area contributed by atoms with E-state index in [-0.39, 0.29) is 17.9 Å². The summed E-state index contributed by atoms with van der Waals surface area (Å²) < 4.78 is 0. The Balaban J connectivity index is 2.77. The average molecular weight is 275 g/mol. The number of aromatic nitrogens is 1. The molecule has 1 rings (SSSR count). The van der Waals surface area contributed by atoms with Crippen molar-refractivity contribution in [2.75, 3.05) is 13.2 Å². The van der Waals surface area contributed by atoms with Gasteiger partial charge in [0.1, 0.15) is 11.8 Å². The van der Waals surface area contributed by atoms with Gasteiger partial charge < -0.3 is 10.4 Å². The molecule has 0 aliphatic carbocycles. The predicted molar refractivity (Wildman–Crippen MR) is 76.1 cm³/mol. The molecular formula is C15H21N3O2. The second kappa shape index (κ2) is 7.01. The van der Waals surface area contributed by atoms with Crippen molar-refractivity contribution >= 4 is 5.91 Å². The smallest absolute Gasteiger partial charge is 0.269 e. The number of aryl methyl sites for hydroxylation is 1. The minimum atomic E-state index is -0.280. The largest absolute Gasteiger partial charge is 0.396 e. The molecular weight excluding hydrogens is 254 g/mol. The molecule has 0 saturated heterocycles. The lowest BCUT2D eigenvalue weighted by molar-refractivity contribution is 0.0846. The maximum Gasteiger partial charge on any atom is 0.269 e. The van der Waals surface area contributed by atoms with Gasteiger partial charge in [0.05, 0.1) is 17.9 Å². The third-order valence-electron chi connectivity index (χ3n) is 3.90. The molecule has 1 heterocycles. The number of nitrogens with one attached hydrogen (secondary N) is 1. The SMILES string of the molecule is CCC(CC)(CO)CNC(=O)c1ccc(C#N)c(C)n1. The van der Waals surface area contributed by atoms with Crippen molar-refractivity contribution in [2.24, 2.45) is 5.41 Å². The van der Waals surface area contributed by atoms with Crippen LogP contribution in [0.3, 0.4) is 0 Å². The molecule has 20 heavy (non-hydrogen) atoms. The van der Waals surface area contributed by atoms with Gasteiger partial charge in [-0.1, -0.05) is 13.8 Å². The molecule has 0 fully saturated rings. The number of nitriles is 1. The number of hydrogen-bond acceptors (Lipinski definition) is 4. The molecule has 0 bridgehead atoms. The van der Waals surface area contributed by atoms with E-state index in [9.17, 15) is 9.90 Å². The topological polar surface area (TPSA) is 86.0 Å². The molecule has 1 aromatic heterocycles. The average Bonchev–Trinajstić information content (AvgIpc) is 2.49. The van der Waals surface area contributed by atoms with Crippen molar-refractivity contribution in [3.05, 3.63) is 29.1 Å². The van der Waals surface area contributed by atoms with Gasteiger partial charge in [0.15, 0.2) is 0 Å². The molecule has 0 radical (unpaired) electrons. The Morgan fingerprint density at radius 1 is 1.45 bits per heavy atom. The maximum atomic E-state index is 12.1. The number of pyridine rings is 1. The molecule has 0 saturated carbocycles. The van der Waals surface area contributed by atoms with Crippen LogP contribution in [0, 0.1) is 23.7 Å². The van der Waals surface area contributed by atoms with Crippen molar-refractivity contribution in [3.8, 4) is 6.07 Å². The Bertz CT molecular complexity index is 508. The number of carbonyl (C=O) groups is 1. The van der Waals surface area contributed by atoms with Gasteiger partial charge in [-0.05, 0) is 31.9 Å². The van der Waals surface area contributed by atoms with Crippen LogP contribution in [0.1, 0.15) is 48.4 Å². The van der Waals surface area contributed by atoms with Gasteiger partial charge in [0.25, 0.3) is 5.91 Å². The molecule has 1 aromatic rings. The Morgan fingerprint density at radius 3 is 2.55 bits per heavy atom. The normalized spacial score (nSPS) is 10.9. The summed E-state index contributed by atoms with van der Waals surface area (Å²) in [6, 6.07) is 5.15. The highest BCUT2D eigenvalue weighted by atomic mass is 16.3. The number of aliphatic hydroxyl groups is 1. The summed E-state index contributed by atoms with van der Waals surface area (Å²) in [7, 11) is 0. The van der Waals surface area contributed by atoms with Crippen LogP contribution < -0.4 is 5.32 Å². The van der Waals surface area contributed by atoms with Crippen molar-refractivity contribution in [2.45, 2.75) is 33.6 Å². The zero-order valence-corrected chi connectivity index (χ0v) is 12.2. The maximum absolute atomic E-state index is 12.1. The molecule has 1 amide bonds. The van der Waals surface area contributed by atoms with Crippen LogP contribution in [0.15, 0.2) is 12.1 Å². The van der Waals surface area contributed by atoms with E-state index in [1.807, 2.05) is 19.9 Å². The summed E-state index contributed by atoms with van der Waals surface area (Å²) in [4.78, 5) is 16.2. The third-order valence-corrected chi connectivity index (χ3v) is 3.90. The van der Waals surface area contributed by atoms with Gasteiger partial charge in [0, 0.05) is 12.0 Å². The first-order valence-electron chi connectivity index (χ1n) is 6.78. The van der Waals surface area contributed by atoms with Crippen LogP contribution in [0.5, 0.6) is 0 Å². The van der Waals surface area contributed by atoms with E-state index in [2.05, 4.69) is 10.3 Å². The fourth-order valence-corrected chi connectivity index (χ4v) is 1.94. The van der Waals surface area contributed by atoms with E-state index in [1.54, 1.807) is 19.1 Å². The van der Waals surface area contributed by atoms with E-state index in [4.69, 9.17) is 5.26 Å². The number of amides is 1. The number of rotatable bonds is 6.